The highest BCUT2D eigenvalue weighted by Gasteiger charge is 2.12. The largest absolute Gasteiger partial charge is 0.491 e. The van der Waals surface area contributed by atoms with Crippen molar-refractivity contribution in [1.82, 2.24) is 0 Å². The lowest BCUT2D eigenvalue weighted by molar-refractivity contribution is 0.146. The molecule has 2 N–H and O–H groups in total. The molecule has 3 nitrogen and oxygen atoms in total. The first-order valence-electron chi connectivity index (χ1n) is 6.40. The van der Waals surface area contributed by atoms with E-state index in [0.29, 0.717) is 35.8 Å². The standard InChI is InChI=1S/C16H18FNO2/c1-11-9-14(17)13(10-15(11)18)12-5-3-4-6-16(12)20-8-7-19-2/h3-6,9-10H,7-8,18H2,1-2H3. The Morgan fingerprint density at radius 1 is 1.10 bits per heavy atom. The summed E-state index contributed by atoms with van der Waals surface area (Å²) < 4.78 is 24.7. The van der Waals surface area contributed by atoms with Gasteiger partial charge < -0.3 is 15.2 Å². The topological polar surface area (TPSA) is 44.5 Å². The van der Waals surface area contributed by atoms with Gasteiger partial charge in [-0.3, -0.25) is 0 Å². The Labute approximate surface area is 118 Å². The van der Waals surface area contributed by atoms with Crippen LogP contribution in [0.3, 0.4) is 0 Å². The number of nitrogen functional groups attached to an aromatic ring is 1. The number of methoxy groups -OCH3 is 1. The summed E-state index contributed by atoms with van der Waals surface area (Å²) in [6.45, 7) is 2.67. The summed E-state index contributed by atoms with van der Waals surface area (Å²) in [5, 5.41) is 0. The zero-order valence-electron chi connectivity index (χ0n) is 11.7. The van der Waals surface area contributed by atoms with E-state index in [1.807, 2.05) is 18.2 Å². The molecule has 0 unspecified atom stereocenters. The first kappa shape index (κ1) is 14.3. The van der Waals surface area contributed by atoms with Gasteiger partial charge in [-0.2, -0.15) is 0 Å². The Bertz CT molecular complexity index is 599. The van der Waals surface area contributed by atoms with E-state index < -0.39 is 0 Å². The highest BCUT2D eigenvalue weighted by atomic mass is 19.1. The molecule has 2 rings (SSSR count). The van der Waals surface area contributed by atoms with Gasteiger partial charge >= 0.3 is 0 Å². The highest BCUT2D eigenvalue weighted by Crippen LogP contribution is 2.33. The predicted octanol–water partition coefficient (Wildman–Crippen LogP) is 3.41. The first-order chi connectivity index (χ1) is 9.63. The second-order valence-corrected chi connectivity index (χ2v) is 4.53. The molecule has 0 bridgehead atoms. The normalized spacial score (nSPS) is 10.6. The molecule has 0 fully saturated rings. The van der Waals surface area contributed by atoms with Gasteiger partial charge in [0, 0.05) is 23.9 Å². The van der Waals surface area contributed by atoms with Gasteiger partial charge in [-0.05, 0) is 30.7 Å². The number of ether oxygens (including phenoxy) is 2. The number of nitrogens with two attached hydrogens (primary N) is 1. The highest BCUT2D eigenvalue weighted by molar-refractivity contribution is 5.74. The van der Waals surface area contributed by atoms with Crippen molar-refractivity contribution in [2.24, 2.45) is 0 Å². The number of benzene rings is 2. The maximum Gasteiger partial charge on any atom is 0.131 e. The van der Waals surface area contributed by atoms with Crippen molar-refractivity contribution in [3.05, 3.63) is 47.8 Å². The lowest BCUT2D eigenvalue weighted by Gasteiger charge is -2.13. The molecule has 4 heteroatoms. The summed E-state index contributed by atoms with van der Waals surface area (Å²) in [4.78, 5) is 0. The van der Waals surface area contributed by atoms with Crippen LogP contribution < -0.4 is 10.5 Å². The molecule has 0 aliphatic heterocycles. The summed E-state index contributed by atoms with van der Waals surface area (Å²) in [5.41, 5.74) is 8.29. The van der Waals surface area contributed by atoms with Gasteiger partial charge in [-0.15, -0.1) is 0 Å². The molecule has 0 saturated heterocycles. The fraction of sp³-hybridized carbons (Fsp3) is 0.250. The minimum Gasteiger partial charge on any atom is -0.491 e. The fourth-order valence-corrected chi connectivity index (χ4v) is 1.95. The van der Waals surface area contributed by atoms with Crippen LogP contribution in [0.4, 0.5) is 10.1 Å². The molecule has 2 aromatic rings. The van der Waals surface area contributed by atoms with Crippen molar-refractivity contribution in [1.29, 1.82) is 0 Å². The molecular weight excluding hydrogens is 257 g/mol. The Kier molecular flexibility index (Phi) is 4.58. The van der Waals surface area contributed by atoms with Crippen molar-refractivity contribution in [2.75, 3.05) is 26.1 Å². The van der Waals surface area contributed by atoms with Crippen molar-refractivity contribution in [3.8, 4) is 16.9 Å². The zero-order valence-corrected chi connectivity index (χ0v) is 11.7. The molecule has 0 atom stereocenters. The molecule has 2 aromatic carbocycles. The van der Waals surface area contributed by atoms with Crippen molar-refractivity contribution >= 4 is 5.69 Å². The maximum atomic E-state index is 14.1. The Morgan fingerprint density at radius 3 is 2.60 bits per heavy atom. The Morgan fingerprint density at radius 2 is 1.85 bits per heavy atom. The monoisotopic (exact) mass is 275 g/mol. The SMILES string of the molecule is COCCOc1ccccc1-c1cc(N)c(C)cc1F. The zero-order chi connectivity index (χ0) is 14.5. The molecule has 106 valence electrons. The lowest BCUT2D eigenvalue weighted by Crippen LogP contribution is -2.05. The second kappa shape index (κ2) is 6.39. The van der Waals surface area contributed by atoms with E-state index in [1.54, 1.807) is 26.2 Å². The van der Waals surface area contributed by atoms with Gasteiger partial charge in [0.1, 0.15) is 18.2 Å². The van der Waals surface area contributed by atoms with Crippen LogP contribution >= 0.6 is 0 Å². The summed E-state index contributed by atoms with van der Waals surface area (Å²) in [6, 6.07) is 10.4. The van der Waals surface area contributed by atoms with Crippen LogP contribution in [0.1, 0.15) is 5.56 Å². The lowest BCUT2D eigenvalue weighted by atomic mass is 10.0. The van der Waals surface area contributed by atoms with E-state index in [1.165, 1.54) is 6.07 Å². The predicted molar refractivity (Wildman–Crippen MR) is 78.4 cm³/mol. The minimum atomic E-state index is -0.306. The summed E-state index contributed by atoms with van der Waals surface area (Å²) in [6.07, 6.45) is 0. The van der Waals surface area contributed by atoms with Crippen LogP contribution in [0.25, 0.3) is 11.1 Å². The number of anilines is 1. The Hall–Kier alpha value is -2.07. The van der Waals surface area contributed by atoms with Gasteiger partial charge in [0.25, 0.3) is 0 Å². The van der Waals surface area contributed by atoms with E-state index in [9.17, 15) is 4.39 Å². The molecule has 0 aliphatic carbocycles. The minimum absolute atomic E-state index is 0.306. The molecule has 0 amide bonds. The number of halogens is 1. The van der Waals surface area contributed by atoms with Crippen LogP contribution in [0.15, 0.2) is 36.4 Å². The van der Waals surface area contributed by atoms with E-state index in [0.717, 1.165) is 5.56 Å². The number of aryl methyl sites for hydroxylation is 1. The van der Waals surface area contributed by atoms with Crippen LogP contribution in [0, 0.1) is 12.7 Å². The van der Waals surface area contributed by atoms with Crippen molar-refractivity contribution < 1.29 is 13.9 Å². The van der Waals surface area contributed by atoms with Gasteiger partial charge in [-0.25, -0.2) is 4.39 Å². The van der Waals surface area contributed by atoms with E-state index >= 15 is 0 Å². The van der Waals surface area contributed by atoms with Crippen LogP contribution in [-0.2, 0) is 4.74 Å². The van der Waals surface area contributed by atoms with Crippen LogP contribution in [-0.4, -0.2) is 20.3 Å². The molecule has 0 aliphatic rings. The van der Waals surface area contributed by atoms with Gasteiger partial charge in [0.2, 0.25) is 0 Å². The second-order valence-electron chi connectivity index (χ2n) is 4.53. The maximum absolute atomic E-state index is 14.1. The molecule has 0 spiro atoms. The summed E-state index contributed by atoms with van der Waals surface area (Å²) in [7, 11) is 1.61. The van der Waals surface area contributed by atoms with E-state index in [4.69, 9.17) is 15.2 Å². The molecule has 0 radical (unpaired) electrons. The number of para-hydroxylation sites is 1. The third kappa shape index (κ3) is 3.08. The number of rotatable bonds is 5. The average molecular weight is 275 g/mol. The Balaban J connectivity index is 2.39. The molecule has 20 heavy (non-hydrogen) atoms. The first-order valence-corrected chi connectivity index (χ1v) is 6.40. The molecule has 0 heterocycles. The number of hydrogen-bond acceptors (Lipinski definition) is 3. The summed E-state index contributed by atoms with van der Waals surface area (Å²) >= 11 is 0. The molecule has 0 saturated carbocycles. The molecular formula is C16H18FNO2. The van der Waals surface area contributed by atoms with Gasteiger partial charge in [0.05, 0.1) is 6.61 Å². The smallest absolute Gasteiger partial charge is 0.131 e. The third-order valence-corrected chi connectivity index (χ3v) is 3.08. The van der Waals surface area contributed by atoms with Gasteiger partial charge in [-0.1, -0.05) is 18.2 Å². The average Bonchev–Trinajstić information content (AvgIpc) is 2.44. The number of hydrogen-bond donors (Lipinski definition) is 1. The molecule has 0 aromatic heterocycles. The fourth-order valence-electron chi connectivity index (χ4n) is 1.95. The van der Waals surface area contributed by atoms with E-state index in [-0.39, 0.29) is 5.82 Å². The third-order valence-electron chi connectivity index (χ3n) is 3.08. The van der Waals surface area contributed by atoms with Gasteiger partial charge in [0.15, 0.2) is 0 Å². The van der Waals surface area contributed by atoms with Crippen LogP contribution in [0.5, 0.6) is 5.75 Å². The summed E-state index contributed by atoms with van der Waals surface area (Å²) in [5.74, 6) is 0.311. The van der Waals surface area contributed by atoms with E-state index in [2.05, 4.69) is 0 Å². The van der Waals surface area contributed by atoms with Crippen molar-refractivity contribution in [3.63, 3.8) is 0 Å². The quantitative estimate of drug-likeness (QED) is 0.672. The van der Waals surface area contributed by atoms with Crippen LogP contribution in [0.2, 0.25) is 0 Å². The van der Waals surface area contributed by atoms with Crippen molar-refractivity contribution in [2.45, 2.75) is 6.92 Å².